The minimum atomic E-state index is -0.506. The van der Waals surface area contributed by atoms with Gasteiger partial charge < -0.3 is 15.4 Å². The quantitative estimate of drug-likeness (QED) is 0.793. The Morgan fingerprint density at radius 1 is 1.04 bits per heavy atom. The summed E-state index contributed by atoms with van der Waals surface area (Å²) < 4.78 is 5.30. The molecular formula is C21H26ClN3O3. The molecule has 28 heavy (non-hydrogen) atoms. The van der Waals surface area contributed by atoms with Gasteiger partial charge in [0.15, 0.2) is 0 Å². The van der Waals surface area contributed by atoms with Crippen LogP contribution in [0.5, 0.6) is 0 Å². The maximum absolute atomic E-state index is 12.6. The topological polar surface area (TPSA) is 80.3 Å². The molecule has 0 spiro atoms. The predicted molar refractivity (Wildman–Crippen MR) is 110 cm³/mol. The Labute approximate surface area is 170 Å². The Bertz CT molecular complexity index is 871. The van der Waals surface area contributed by atoms with Crippen LogP contribution in [-0.2, 0) is 4.74 Å². The van der Waals surface area contributed by atoms with Crippen molar-refractivity contribution in [3.8, 4) is 0 Å². The van der Waals surface area contributed by atoms with E-state index in [0.717, 1.165) is 36.6 Å². The standard InChI is InChI=1S/C21H26ClN3O3/c1-21(2,3)28-20(27)24-16-8-6-15(7-9-16)23-19(26)18-10-4-13-12-14(22)5-11-17(13)25-18/h4-5,10-12,15-16H,6-9H2,1-3H3,(H,23,26)(H,24,27). The van der Waals surface area contributed by atoms with Gasteiger partial charge in [-0.2, -0.15) is 0 Å². The summed E-state index contributed by atoms with van der Waals surface area (Å²) in [5.41, 5.74) is 0.624. The van der Waals surface area contributed by atoms with E-state index in [9.17, 15) is 9.59 Å². The molecule has 0 saturated heterocycles. The van der Waals surface area contributed by atoms with Crippen molar-refractivity contribution in [2.45, 2.75) is 64.1 Å². The van der Waals surface area contributed by atoms with Crippen molar-refractivity contribution >= 4 is 34.5 Å². The first-order valence-corrected chi connectivity index (χ1v) is 9.94. The van der Waals surface area contributed by atoms with Crippen LogP contribution in [0.2, 0.25) is 5.02 Å². The molecule has 1 aromatic carbocycles. The molecule has 1 aliphatic rings. The second kappa shape index (κ2) is 8.35. The highest BCUT2D eigenvalue weighted by atomic mass is 35.5. The van der Waals surface area contributed by atoms with Crippen LogP contribution in [-0.4, -0.2) is 34.7 Å². The number of fused-ring (bicyclic) bond motifs is 1. The Hall–Kier alpha value is -2.34. The third kappa shape index (κ3) is 5.58. The van der Waals surface area contributed by atoms with Gasteiger partial charge in [-0.15, -0.1) is 0 Å². The van der Waals surface area contributed by atoms with Gasteiger partial charge in [0.25, 0.3) is 5.91 Å². The number of alkyl carbamates (subject to hydrolysis) is 1. The van der Waals surface area contributed by atoms with Crippen LogP contribution >= 0.6 is 11.6 Å². The molecule has 1 fully saturated rings. The fourth-order valence-electron chi connectivity index (χ4n) is 3.34. The molecule has 1 saturated carbocycles. The van der Waals surface area contributed by atoms with Gasteiger partial charge in [-0.25, -0.2) is 9.78 Å². The molecule has 0 unspecified atom stereocenters. The average Bonchev–Trinajstić information content (AvgIpc) is 2.61. The number of nitrogens with zero attached hydrogens (tertiary/aromatic N) is 1. The van der Waals surface area contributed by atoms with Crippen LogP contribution in [0, 0.1) is 0 Å². The monoisotopic (exact) mass is 403 g/mol. The molecule has 1 aliphatic carbocycles. The van der Waals surface area contributed by atoms with E-state index in [1.807, 2.05) is 39.0 Å². The molecule has 0 bridgehead atoms. The zero-order valence-corrected chi connectivity index (χ0v) is 17.2. The fourth-order valence-corrected chi connectivity index (χ4v) is 3.52. The summed E-state index contributed by atoms with van der Waals surface area (Å²) in [5, 5.41) is 7.50. The number of carbonyl (C=O) groups is 2. The van der Waals surface area contributed by atoms with Gasteiger partial charge in [-0.05, 0) is 70.7 Å². The van der Waals surface area contributed by atoms with E-state index in [1.165, 1.54) is 0 Å². The number of carbonyl (C=O) groups excluding carboxylic acids is 2. The number of rotatable bonds is 3. The molecule has 0 radical (unpaired) electrons. The van der Waals surface area contributed by atoms with Crippen LogP contribution in [0.1, 0.15) is 56.9 Å². The van der Waals surface area contributed by atoms with Crippen molar-refractivity contribution in [1.82, 2.24) is 15.6 Å². The van der Waals surface area contributed by atoms with Crippen molar-refractivity contribution in [2.24, 2.45) is 0 Å². The van der Waals surface area contributed by atoms with Crippen LogP contribution < -0.4 is 10.6 Å². The van der Waals surface area contributed by atoms with E-state index in [-0.39, 0.29) is 24.1 Å². The highest BCUT2D eigenvalue weighted by molar-refractivity contribution is 6.31. The van der Waals surface area contributed by atoms with Crippen LogP contribution in [0.4, 0.5) is 4.79 Å². The lowest BCUT2D eigenvalue weighted by molar-refractivity contribution is 0.0488. The summed E-state index contributed by atoms with van der Waals surface area (Å²) >= 11 is 5.98. The SMILES string of the molecule is CC(C)(C)OC(=O)NC1CCC(NC(=O)c2ccc3cc(Cl)ccc3n2)CC1. The van der Waals surface area contributed by atoms with E-state index in [4.69, 9.17) is 16.3 Å². The minimum Gasteiger partial charge on any atom is -0.444 e. The summed E-state index contributed by atoms with van der Waals surface area (Å²) in [6, 6.07) is 9.11. The lowest BCUT2D eigenvalue weighted by Crippen LogP contribution is -2.45. The molecule has 2 aromatic rings. The van der Waals surface area contributed by atoms with Crippen molar-refractivity contribution in [3.63, 3.8) is 0 Å². The Morgan fingerprint density at radius 2 is 1.68 bits per heavy atom. The molecule has 1 heterocycles. The van der Waals surface area contributed by atoms with Gasteiger partial charge in [-0.1, -0.05) is 17.7 Å². The van der Waals surface area contributed by atoms with Gasteiger partial charge in [0.05, 0.1) is 5.52 Å². The maximum Gasteiger partial charge on any atom is 0.407 e. The molecule has 2 amide bonds. The first kappa shape index (κ1) is 20.4. The Balaban J connectivity index is 1.51. The minimum absolute atomic E-state index is 0.0755. The summed E-state index contributed by atoms with van der Waals surface area (Å²) in [7, 11) is 0. The Kier molecular flexibility index (Phi) is 6.08. The van der Waals surface area contributed by atoms with E-state index >= 15 is 0 Å². The zero-order valence-electron chi connectivity index (χ0n) is 16.4. The fraction of sp³-hybridized carbons (Fsp3) is 0.476. The molecule has 0 atom stereocenters. The van der Waals surface area contributed by atoms with Crippen LogP contribution in [0.25, 0.3) is 10.9 Å². The Morgan fingerprint density at radius 3 is 2.32 bits per heavy atom. The van der Waals surface area contributed by atoms with Gasteiger partial charge in [0.1, 0.15) is 11.3 Å². The largest absolute Gasteiger partial charge is 0.444 e. The highest BCUT2D eigenvalue weighted by Crippen LogP contribution is 2.21. The predicted octanol–water partition coefficient (Wildman–Crippen LogP) is 4.45. The molecule has 1 aromatic heterocycles. The number of aromatic nitrogens is 1. The first-order valence-electron chi connectivity index (χ1n) is 9.56. The number of pyridine rings is 1. The average molecular weight is 404 g/mol. The van der Waals surface area contributed by atoms with E-state index in [1.54, 1.807) is 12.1 Å². The molecule has 3 rings (SSSR count). The van der Waals surface area contributed by atoms with Gasteiger partial charge in [0.2, 0.25) is 0 Å². The van der Waals surface area contributed by atoms with Crippen LogP contribution in [0.3, 0.4) is 0 Å². The summed E-state index contributed by atoms with van der Waals surface area (Å²) in [6.45, 7) is 5.53. The summed E-state index contributed by atoms with van der Waals surface area (Å²) in [4.78, 5) is 28.9. The number of halogens is 1. The zero-order chi connectivity index (χ0) is 20.3. The lowest BCUT2D eigenvalue weighted by Gasteiger charge is -2.30. The number of hydrogen-bond acceptors (Lipinski definition) is 4. The normalized spacial score (nSPS) is 19.9. The highest BCUT2D eigenvalue weighted by Gasteiger charge is 2.26. The molecule has 6 nitrogen and oxygen atoms in total. The van der Waals surface area contributed by atoms with E-state index in [2.05, 4.69) is 15.6 Å². The number of nitrogens with one attached hydrogen (secondary N) is 2. The number of hydrogen-bond donors (Lipinski definition) is 2. The van der Waals surface area contributed by atoms with Crippen molar-refractivity contribution in [1.29, 1.82) is 0 Å². The van der Waals surface area contributed by atoms with Crippen LogP contribution in [0.15, 0.2) is 30.3 Å². The van der Waals surface area contributed by atoms with Crippen molar-refractivity contribution in [3.05, 3.63) is 41.0 Å². The number of ether oxygens (including phenoxy) is 1. The van der Waals surface area contributed by atoms with E-state index in [0.29, 0.717) is 10.7 Å². The molecule has 150 valence electrons. The second-order valence-corrected chi connectivity index (χ2v) is 8.64. The summed E-state index contributed by atoms with van der Waals surface area (Å²) in [6.07, 6.45) is 2.81. The molecule has 0 aliphatic heterocycles. The van der Waals surface area contributed by atoms with Crippen molar-refractivity contribution in [2.75, 3.05) is 0 Å². The third-order valence-corrected chi connectivity index (χ3v) is 4.90. The van der Waals surface area contributed by atoms with Gasteiger partial charge in [0, 0.05) is 22.5 Å². The lowest BCUT2D eigenvalue weighted by atomic mass is 9.91. The number of benzene rings is 1. The van der Waals surface area contributed by atoms with Crippen molar-refractivity contribution < 1.29 is 14.3 Å². The van der Waals surface area contributed by atoms with E-state index < -0.39 is 5.60 Å². The first-order chi connectivity index (χ1) is 13.2. The molecule has 2 N–H and O–H groups in total. The molecular weight excluding hydrogens is 378 g/mol. The third-order valence-electron chi connectivity index (χ3n) is 4.67. The summed E-state index contributed by atoms with van der Waals surface area (Å²) in [5.74, 6) is -0.180. The maximum atomic E-state index is 12.6. The van der Waals surface area contributed by atoms with Gasteiger partial charge in [-0.3, -0.25) is 4.79 Å². The smallest absolute Gasteiger partial charge is 0.407 e. The molecule has 7 heteroatoms. The van der Waals surface area contributed by atoms with Gasteiger partial charge >= 0.3 is 6.09 Å². The number of amides is 2. The second-order valence-electron chi connectivity index (χ2n) is 8.20.